The number of nitrogens with zero attached hydrogens (tertiary/aromatic N) is 1. The predicted octanol–water partition coefficient (Wildman–Crippen LogP) is 1.18. The number of alkyl halides is 2. The van der Waals surface area contributed by atoms with E-state index >= 15 is 0 Å². The van der Waals surface area contributed by atoms with Gasteiger partial charge >= 0.3 is 0 Å². The third-order valence-electron chi connectivity index (χ3n) is 1.46. The van der Waals surface area contributed by atoms with E-state index in [4.69, 9.17) is 10.8 Å². The fourth-order valence-corrected chi connectivity index (χ4v) is 0.840. The zero-order valence-electron chi connectivity index (χ0n) is 6.17. The van der Waals surface area contributed by atoms with Crippen LogP contribution in [0.5, 0.6) is 5.75 Å². The van der Waals surface area contributed by atoms with E-state index in [1.165, 1.54) is 6.20 Å². The first-order chi connectivity index (χ1) is 5.66. The van der Waals surface area contributed by atoms with Crippen LogP contribution in [0.2, 0.25) is 0 Å². The van der Waals surface area contributed by atoms with E-state index in [1.807, 2.05) is 0 Å². The van der Waals surface area contributed by atoms with Gasteiger partial charge in [0.15, 0.2) is 0 Å². The highest BCUT2D eigenvalue weighted by atomic mass is 19.3. The van der Waals surface area contributed by atoms with Crippen LogP contribution in [-0.2, 0) is 6.54 Å². The number of nitrogens with two attached hydrogens (primary N) is 1. The molecule has 66 valence electrons. The van der Waals surface area contributed by atoms with E-state index in [2.05, 4.69) is 4.98 Å². The average Bonchev–Trinajstić information content (AvgIpc) is 2.04. The van der Waals surface area contributed by atoms with Crippen molar-refractivity contribution in [1.82, 2.24) is 4.98 Å². The van der Waals surface area contributed by atoms with Gasteiger partial charge in [-0.1, -0.05) is 0 Å². The third kappa shape index (κ3) is 1.50. The zero-order valence-corrected chi connectivity index (χ0v) is 6.17. The standard InChI is InChI=1S/C7H8F2N2O/c8-7(9)4-1-2-11-5(3-10)6(4)12/h1-2,7,12H,3,10H2. The van der Waals surface area contributed by atoms with Crippen molar-refractivity contribution in [1.29, 1.82) is 0 Å². The summed E-state index contributed by atoms with van der Waals surface area (Å²) in [6.07, 6.45) is -1.50. The molecule has 0 amide bonds. The molecule has 0 bridgehead atoms. The van der Waals surface area contributed by atoms with Gasteiger partial charge < -0.3 is 10.8 Å². The van der Waals surface area contributed by atoms with Gasteiger partial charge in [-0.15, -0.1) is 0 Å². The summed E-state index contributed by atoms with van der Waals surface area (Å²) in [5.41, 5.74) is 4.82. The lowest BCUT2D eigenvalue weighted by Gasteiger charge is -2.05. The lowest BCUT2D eigenvalue weighted by Crippen LogP contribution is -2.01. The van der Waals surface area contributed by atoms with Gasteiger partial charge in [0.2, 0.25) is 0 Å². The Morgan fingerprint density at radius 2 is 2.25 bits per heavy atom. The number of hydrogen-bond donors (Lipinski definition) is 2. The molecule has 1 aromatic rings. The number of rotatable bonds is 2. The molecule has 0 radical (unpaired) electrons. The molecule has 0 saturated heterocycles. The van der Waals surface area contributed by atoms with Crippen molar-refractivity contribution in [3.63, 3.8) is 0 Å². The van der Waals surface area contributed by atoms with Gasteiger partial charge in [0.25, 0.3) is 6.43 Å². The maximum absolute atomic E-state index is 12.1. The van der Waals surface area contributed by atoms with E-state index in [0.717, 1.165) is 6.07 Å². The summed E-state index contributed by atoms with van der Waals surface area (Å²) in [4.78, 5) is 3.63. The van der Waals surface area contributed by atoms with Crippen LogP contribution >= 0.6 is 0 Å². The molecular weight excluding hydrogens is 166 g/mol. The molecule has 0 aliphatic heterocycles. The fourth-order valence-electron chi connectivity index (χ4n) is 0.840. The van der Waals surface area contributed by atoms with Crippen molar-refractivity contribution in [3.05, 3.63) is 23.5 Å². The minimum absolute atomic E-state index is 0.0492. The summed E-state index contributed by atoms with van der Waals surface area (Å²) < 4.78 is 24.2. The van der Waals surface area contributed by atoms with Gasteiger partial charge in [0.05, 0.1) is 11.3 Å². The van der Waals surface area contributed by atoms with Crippen LogP contribution in [0.15, 0.2) is 12.3 Å². The quantitative estimate of drug-likeness (QED) is 0.707. The van der Waals surface area contributed by atoms with Gasteiger partial charge in [-0.05, 0) is 6.07 Å². The first-order valence-electron chi connectivity index (χ1n) is 3.31. The maximum atomic E-state index is 12.1. The van der Waals surface area contributed by atoms with Gasteiger partial charge in [-0.25, -0.2) is 8.78 Å². The maximum Gasteiger partial charge on any atom is 0.267 e. The van der Waals surface area contributed by atoms with Crippen molar-refractivity contribution in [2.45, 2.75) is 13.0 Å². The number of hydrogen-bond acceptors (Lipinski definition) is 3. The second-order valence-electron chi connectivity index (χ2n) is 2.20. The highest BCUT2D eigenvalue weighted by Gasteiger charge is 2.14. The summed E-state index contributed by atoms with van der Waals surface area (Å²) in [6, 6.07) is 1.07. The summed E-state index contributed by atoms with van der Waals surface area (Å²) in [5, 5.41) is 9.14. The summed E-state index contributed by atoms with van der Waals surface area (Å²) >= 11 is 0. The topological polar surface area (TPSA) is 59.1 Å². The smallest absolute Gasteiger partial charge is 0.267 e. The van der Waals surface area contributed by atoms with Gasteiger partial charge in [-0.2, -0.15) is 0 Å². The predicted molar refractivity (Wildman–Crippen MR) is 38.8 cm³/mol. The molecule has 0 aliphatic rings. The molecule has 3 N–H and O–H groups in total. The van der Waals surface area contributed by atoms with E-state index in [1.54, 1.807) is 0 Å². The second kappa shape index (κ2) is 3.44. The molecule has 1 heterocycles. The molecule has 0 spiro atoms. The van der Waals surface area contributed by atoms with Crippen LogP contribution in [0, 0.1) is 0 Å². The second-order valence-corrected chi connectivity index (χ2v) is 2.20. The summed E-state index contributed by atoms with van der Waals surface area (Å²) in [5.74, 6) is -0.505. The molecule has 0 aliphatic carbocycles. The van der Waals surface area contributed by atoms with Crippen molar-refractivity contribution >= 4 is 0 Å². The molecular formula is C7H8F2N2O. The highest BCUT2D eigenvalue weighted by Crippen LogP contribution is 2.29. The molecule has 0 saturated carbocycles. The Balaban J connectivity index is 3.14. The first kappa shape index (κ1) is 8.86. The lowest BCUT2D eigenvalue weighted by atomic mass is 10.2. The number of aromatic hydroxyl groups is 1. The Bertz CT molecular complexity index is 278. The minimum Gasteiger partial charge on any atom is -0.505 e. The average molecular weight is 174 g/mol. The number of aromatic nitrogens is 1. The van der Waals surface area contributed by atoms with Crippen LogP contribution in [0.3, 0.4) is 0 Å². The Hall–Kier alpha value is -1.23. The van der Waals surface area contributed by atoms with Crippen molar-refractivity contribution in [3.8, 4) is 5.75 Å². The van der Waals surface area contributed by atoms with E-state index in [-0.39, 0.29) is 12.2 Å². The van der Waals surface area contributed by atoms with Crippen LogP contribution in [0.1, 0.15) is 17.7 Å². The van der Waals surface area contributed by atoms with Crippen molar-refractivity contribution < 1.29 is 13.9 Å². The third-order valence-corrected chi connectivity index (χ3v) is 1.46. The van der Waals surface area contributed by atoms with E-state index in [0.29, 0.717) is 0 Å². The molecule has 0 atom stereocenters. The Kier molecular flexibility index (Phi) is 2.54. The molecule has 12 heavy (non-hydrogen) atoms. The molecule has 1 rings (SSSR count). The van der Waals surface area contributed by atoms with Gasteiger partial charge in [0, 0.05) is 12.7 Å². The fraction of sp³-hybridized carbons (Fsp3) is 0.286. The van der Waals surface area contributed by atoms with Crippen LogP contribution in [0.25, 0.3) is 0 Å². The van der Waals surface area contributed by atoms with Crippen molar-refractivity contribution in [2.24, 2.45) is 5.73 Å². The van der Waals surface area contributed by atoms with E-state index < -0.39 is 17.7 Å². The molecule has 3 nitrogen and oxygen atoms in total. The SMILES string of the molecule is NCc1nccc(C(F)F)c1O. The molecule has 5 heteroatoms. The number of halogens is 2. The Labute approximate surface area is 67.8 Å². The largest absolute Gasteiger partial charge is 0.505 e. The van der Waals surface area contributed by atoms with E-state index in [9.17, 15) is 8.78 Å². The zero-order chi connectivity index (χ0) is 9.14. The Morgan fingerprint density at radius 3 is 2.75 bits per heavy atom. The normalized spacial score (nSPS) is 10.7. The highest BCUT2D eigenvalue weighted by molar-refractivity contribution is 5.36. The Morgan fingerprint density at radius 1 is 1.58 bits per heavy atom. The molecule has 0 fully saturated rings. The van der Waals surface area contributed by atoms with Crippen LogP contribution in [0.4, 0.5) is 8.78 Å². The minimum atomic E-state index is -2.70. The first-order valence-corrected chi connectivity index (χ1v) is 3.31. The van der Waals surface area contributed by atoms with Crippen LogP contribution < -0.4 is 5.73 Å². The summed E-state index contributed by atoms with van der Waals surface area (Å²) in [6.45, 7) is -0.0492. The van der Waals surface area contributed by atoms with Crippen LogP contribution in [-0.4, -0.2) is 10.1 Å². The lowest BCUT2D eigenvalue weighted by molar-refractivity contribution is 0.147. The monoisotopic (exact) mass is 174 g/mol. The molecule has 1 aromatic heterocycles. The summed E-state index contributed by atoms with van der Waals surface area (Å²) in [7, 11) is 0. The van der Waals surface area contributed by atoms with Gasteiger partial charge in [0.1, 0.15) is 5.75 Å². The van der Waals surface area contributed by atoms with Gasteiger partial charge in [-0.3, -0.25) is 4.98 Å². The molecule has 0 aromatic carbocycles. The van der Waals surface area contributed by atoms with Crippen molar-refractivity contribution in [2.75, 3.05) is 0 Å². The number of pyridine rings is 1. The molecule has 0 unspecified atom stereocenters.